The average Bonchev–Trinajstić information content (AvgIpc) is 2.30. The van der Waals surface area contributed by atoms with Crippen molar-refractivity contribution >= 4 is 29.1 Å². The van der Waals surface area contributed by atoms with Crippen LogP contribution in [0, 0.1) is 0 Å². The smallest absolute Gasteiger partial charge is 0.251 e. The van der Waals surface area contributed by atoms with E-state index in [4.69, 9.17) is 17.0 Å². The standard InChI is InChI=1S/C11H19N3O3S/c1-7(6-17-3)12-11(18)13-8-4-5-9(15)14(2)10(8)16/h7-8H,4-6H2,1-3H3,(H2,12,13,18). The van der Waals surface area contributed by atoms with Crippen LogP contribution in [0.25, 0.3) is 0 Å². The summed E-state index contributed by atoms with van der Waals surface area (Å²) >= 11 is 5.11. The zero-order chi connectivity index (χ0) is 13.7. The number of piperidine rings is 1. The molecule has 0 bridgehead atoms. The molecule has 0 spiro atoms. The summed E-state index contributed by atoms with van der Waals surface area (Å²) in [5, 5.41) is 6.35. The van der Waals surface area contributed by atoms with Crippen molar-refractivity contribution in [3.63, 3.8) is 0 Å². The highest BCUT2D eigenvalue weighted by atomic mass is 32.1. The molecule has 1 aliphatic rings. The molecule has 1 aliphatic heterocycles. The highest BCUT2D eigenvalue weighted by Crippen LogP contribution is 2.11. The van der Waals surface area contributed by atoms with E-state index in [-0.39, 0.29) is 17.9 Å². The number of hydrogen-bond donors (Lipinski definition) is 2. The fraction of sp³-hybridized carbons (Fsp3) is 0.727. The van der Waals surface area contributed by atoms with Crippen LogP contribution in [-0.2, 0) is 14.3 Å². The molecule has 0 aromatic carbocycles. The Labute approximate surface area is 112 Å². The van der Waals surface area contributed by atoms with Gasteiger partial charge in [-0.25, -0.2) is 0 Å². The van der Waals surface area contributed by atoms with Gasteiger partial charge in [0, 0.05) is 26.6 Å². The summed E-state index contributed by atoms with van der Waals surface area (Å²) in [6.07, 6.45) is 0.832. The van der Waals surface area contributed by atoms with Crippen LogP contribution in [0.1, 0.15) is 19.8 Å². The lowest BCUT2D eigenvalue weighted by molar-refractivity contribution is -0.147. The van der Waals surface area contributed by atoms with Gasteiger partial charge in [-0.15, -0.1) is 0 Å². The molecule has 1 heterocycles. The minimum atomic E-state index is -0.428. The quantitative estimate of drug-likeness (QED) is 0.538. The molecule has 1 rings (SSSR count). The number of hydrogen-bond acceptors (Lipinski definition) is 4. The number of imide groups is 1. The second-order valence-electron chi connectivity index (χ2n) is 4.36. The Morgan fingerprint density at radius 3 is 2.89 bits per heavy atom. The lowest BCUT2D eigenvalue weighted by Crippen LogP contribution is -2.55. The number of nitrogens with one attached hydrogen (secondary N) is 2. The van der Waals surface area contributed by atoms with Gasteiger partial charge in [0.1, 0.15) is 6.04 Å². The van der Waals surface area contributed by atoms with Gasteiger partial charge in [-0.1, -0.05) is 0 Å². The molecule has 2 N–H and O–H groups in total. The lowest BCUT2D eigenvalue weighted by Gasteiger charge is -2.29. The van der Waals surface area contributed by atoms with Crippen LogP contribution in [0.15, 0.2) is 0 Å². The lowest BCUT2D eigenvalue weighted by atomic mass is 10.1. The van der Waals surface area contributed by atoms with Gasteiger partial charge in [-0.05, 0) is 25.6 Å². The van der Waals surface area contributed by atoms with Gasteiger partial charge >= 0.3 is 0 Å². The van der Waals surface area contributed by atoms with Gasteiger partial charge in [0.2, 0.25) is 5.91 Å². The monoisotopic (exact) mass is 273 g/mol. The van der Waals surface area contributed by atoms with Gasteiger partial charge in [0.05, 0.1) is 6.61 Å². The van der Waals surface area contributed by atoms with Crippen molar-refractivity contribution in [2.75, 3.05) is 20.8 Å². The number of methoxy groups -OCH3 is 1. The van der Waals surface area contributed by atoms with Crippen LogP contribution < -0.4 is 10.6 Å². The van der Waals surface area contributed by atoms with Crippen LogP contribution >= 0.6 is 12.2 Å². The Bertz CT molecular complexity index is 348. The molecule has 0 aliphatic carbocycles. The van der Waals surface area contributed by atoms with Crippen molar-refractivity contribution in [3.05, 3.63) is 0 Å². The largest absolute Gasteiger partial charge is 0.383 e. The van der Waals surface area contributed by atoms with Crippen molar-refractivity contribution in [3.8, 4) is 0 Å². The first kappa shape index (κ1) is 14.8. The number of amides is 2. The summed E-state index contributed by atoms with van der Waals surface area (Å²) in [6.45, 7) is 2.45. The average molecular weight is 273 g/mol. The minimum absolute atomic E-state index is 0.0630. The molecule has 7 heteroatoms. The van der Waals surface area contributed by atoms with Gasteiger partial charge in [0.25, 0.3) is 5.91 Å². The molecular weight excluding hydrogens is 254 g/mol. The normalized spacial score (nSPS) is 21.7. The van der Waals surface area contributed by atoms with Gasteiger partial charge in [-0.3, -0.25) is 14.5 Å². The zero-order valence-corrected chi connectivity index (χ0v) is 11.7. The Kier molecular flexibility index (Phi) is 5.49. The Morgan fingerprint density at radius 1 is 1.61 bits per heavy atom. The Morgan fingerprint density at radius 2 is 2.28 bits per heavy atom. The number of likely N-dealkylation sites (tertiary alicyclic amines) is 1. The first-order chi connectivity index (χ1) is 8.45. The zero-order valence-electron chi connectivity index (χ0n) is 10.9. The number of carbonyl (C=O) groups is 2. The molecule has 2 amide bonds. The summed E-state index contributed by atoms with van der Waals surface area (Å²) in [4.78, 5) is 24.3. The first-order valence-corrected chi connectivity index (χ1v) is 6.23. The maximum absolute atomic E-state index is 11.8. The van der Waals surface area contributed by atoms with Crippen molar-refractivity contribution in [2.45, 2.75) is 31.8 Å². The van der Waals surface area contributed by atoms with Crippen molar-refractivity contribution in [1.82, 2.24) is 15.5 Å². The third-order valence-electron chi connectivity index (χ3n) is 2.75. The summed E-state index contributed by atoms with van der Waals surface area (Å²) in [5.74, 6) is -0.389. The van der Waals surface area contributed by atoms with E-state index in [1.54, 1.807) is 7.11 Å². The summed E-state index contributed by atoms with van der Waals surface area (Å²) in [5.41, 5.74) is 0. The molecule has 2 unspecified atom stereocenters. The van der Waals surface area contributed by atoms with Gasteiger partial charge in [-0.2, -0.15) is 0 Å². The van der Waals surface area contributed by atoms with E-state index in [0.29, 0.717) is 24.6 Å². The molecule has 0 radical (unpaired) electrons. The fourth-order valence-electron chi connectivity index (χ4n) is 1.76. The van der Waals surface area contributed by atoms with Crippen LogP contribution in [-0.4, -0.2) is 54.7 Å². The number of carbonyl (C=O) groups excluding carboxylic acids is 2. The van der Waals surface area contributed by atoms with Gasteiger partial charge in [0.15, 0.2) is 5.11 Å². The fourth-order valence-corrected chi connectivity index (χ4v) is 2.11. The number of likely N-dealkylation sites (N-methyl/N-ethyl adjacent to an activating group) is 1. The predicted molar refractivity (Wildman–Crippen MR) is 71.0 cm³/mol. The molecule has 6 nitrogen and oxygen atoms in total. The van der Waals surface area contributed by atoms with E-state index in [2.05, 4.69) is 10.6 Å². The molecule has 0 saturated carbocycles. The van der Waals surface area contributed by atoms with Crippen LogP contribution in [0.5, 0.6) is 0 Å². The second kappa shape index (κ2) is 6.65. The number of rotatable bonds is 4. The van der Waals surface area contributed by atoms with E-state index in [1.807, 2.05) is 6.92 Å². The highest BCUT2D eigenvalue weighted by molar-refractivity contribution is 7.80. The van der Waals surface area contributed by atoms with E-state index in [1.165, 1.54) is 7.05 Å². The molecule has 2 atom stereocenters. The second-order valence-corrected chi connectivity index (χ2v) is 4.76. The van der Waals surface area contributed by atoms with Gasteiger partial charge < -0.3 is 15.4 Å². The Balaban J connectivity index is 2.45. The minimum Gasteiger partial charge on any atom is -0.383 e. The molecule has 102 valence electrons. The SMILES string of the molecule is COCC(C)NC(=S)NC1CCC(=O)N(C)C1=O. The van der Waals surface area contributed by atoms with Crippen LogP contribution in [0.4, 0.5) is 0 Å². The predicted octanol–water partition coefficient (Wildman–Crippen LogP) is -0.367. The number of thiocarbonyl (C=S) groups is 1. The van der Waals surface area contributed by atoms with Crippen molar-refractivity contribution in [2.24, 2.45) is 0 Å². The summed E-state index contributed by atoms with van der Waals surface area (Å²) in [6, 6.07) is -0.365. The summed E-state index contributed by atoms with van der Waals surface area (Å²) < 4.78 is 4.98. The van der Waals surface area contributed by atoms with Crippen LogP contribution in [0.2, 0.25) is 0 Å². The van der Waals surface area contributed by atoms with E-state index < -0.39 is 6.04 Å². The third-order valence-corrected chi connectivity index (χ3v) is 2.98. The highest BCUT2D eigenvalue weighted by Gasteiger charge is 2.32. The van der Waals surface area contributed by atoms with E-state index >= 15 is 0 Å². The maximum atomic E-state index is 11.8. The molecular formula is C11H19N3O3S. The third kappa shape index (κ3) is 3.92. The first-order valence-electron chi connectivity index (χ1n) is 5.82. The molecule has 18 heavy (non-hydrogen) atoms. The molecule has 1 fully saturated rings. The maximum Gasteiger partial charge on any atom is 0.251 e. The van der Waals surface area contributed by atoms with Crippen LogP contribution in [0.3, 0.4) is 0 Å². The summed E-state index contributed by atoms with van der Waals surface area (Å²) in [7, 11) is 3.10. The molecule has 0 aromatic rings. The number of ether oxygens (including phenoxy) is 1. The van der Waals surface area contributed by atoms with Crippen molar-refractivity contribution in [1.29, 1.82) is 0 Å². The molecule has 0 aromatic heterocycles. The molecule has 1 saturated heterocycles. The van der Waals surface area contributed by atoms with E-state index in [0.717, 1.165) is 4.90 Å². The topological polar surface area (TPSA) is 70.7 Å². The Hall–Kier alpha value is -1.21. The number of nitrogens with zero attached hydrogens (tertiary/aromatic N) is 1. The van der Waals surface area contributed by atoms with Crippen molar-refractivity contribution < 1.29 is 14.3 Å². The van der Waals surface area contributed by atoms with E-state index in [9.17, 15) is 9.59 Å².